The highest BCUT2D eigenvalue weighted by Crippen LogP contribution is 2.28. The molecular weight excluding hydrogens is 306 g/mol. The van der Waals surface area contributed by atoms with Crippen molar-refractivity contribution >= 4 is 5.91 Å². The van der Waals surface area contributed by atoms with Gasteiger partial charge >= 0.3 is 0 Å². The predicted molar refractivity (Wildman–Crippen MR) is 87.0 cm³/mol. The number of aryl methyl sites for hydroxylation is 3. The van der Waals surface area contributed by atoms with Gasteiger partial charge in [0.2, 0.25) is 5.91 Å². The van der Waals surface area contributed by atoms with Crippen molar-refractivity contribution in [3.63, 3.8) is 0 Å². The Morgan fingerprint density at radius 1 is 1.29 bits per heavy atom. The minimum absolute atomic E-state index is 0.0322. The summed E-state index contributed by atoms with van der Waals surface area (Å²) in [4.78, 5) is 15.0. The van der Waals surface area contributed by atoms with Crippen molar-refractivity contribution in [2.45, 2.75) is 51.9 Å². The van der Waals surface area contributed by atoms with E-state index >= 15 is 0 Å². The van der Waals surface area contributed by atoms with Crippen LogP contribution < -0.4 is 5.32 Å². The van der Waals surface area contributed by atoms with Crippen LogP contribution in [0.15, 0.2) is 6.07 Å². The molecule has 1 aliphatic carbocycles. The maximum Gasteiger partial charge on any atom is 0.245 e. The fourth-order valence-corrected chi connectivity index (χ4v) is 3.38. The number of carbonyl (C=O) groups is 1. The molecule has 0 spiro atoms. The summed E-state index contributed by atoms with van der Waals surface area (Å²) in [5, 5.41) is 16.0. The Morgan fingerprint density at radius 3 is 2.75 bits per heavy atom. The predicted octanol–water partition coefficient (Wildman–Crippen LogP) is 0.464. The Morgan fingerprint density at radius 2 is 2.08 bits per heavy atom. The van der Waals surface area contributed by atoms with E-state index in [1.807, 2.05) is 25.6 Å². The maximum atomic E-state index is 12.9. The first-order chi connectivity index (χ1) is 11.5. The van der Waals surface area contributed by atoms with Gasteiger partial charge in [0.05, 0.1) is 11.4 Å². The lowest BCUT2D eigenvalue weighted by molar-refractivity contribution is -0.128. The SMILES string of the molecule is Cc1cc(CN2CCn3c(C)nnc3C2C(=O)NC2CC2)n(C)n1. The molecule has 24 heavy (non-hydrogen) atoms. The highest BCUT2D eigenvalue weighted by atomic mass is 16.2. The molecule has 1 amide bonds. The Kier molecular flexibility index (Phi) is 3.64. The van der Waals surface area contributed by atoms with Gasteiger partial charge in [0.1, 0.15) is 5.82 Å². The van der Waals surface area contributed by atoms with Gasteiger partial charge in [0.25, 0.3) is 0 Å². The van der Waals surface area contributed by atoms with Crippen LogP contribution in [0.25, 0.3) is 0 Å². The van der Waals surface area contributed by atoms with Crippen LogP contribution in [0.5, 0.6) is 0 Å². The van der Waals surface area contributed by atoms with E-state index in [4.69, 9.17) is 0 Å². The summed E-state index contributed by atoms with van der Waals surface area (Å²) in [6.07, 6.45) is 2.15. The smallest absolute Gasteiger partial charge is 0.245 e. The van der Waals surface area contributed by atoms with E-state index < -0.39 is 6.04 Å². The molecule has 1 atom stereocenters. The fourth-order valence-electron chi connectivity index (χ4n) is 3.38. The van der Waals surface area contributed by atoms with Gasteiger partial charge in [-0.05, 0) is 32.8 Å². The van der Waals surface area contributed by atoms with Gasteiger partial charge in [-0.3, -0.25) is 14.4 Å². The van der Waals surface area contributed by atoms with Gasteiger partial charge in [-0.2, -0.15) is 5.10 Å². The van der Waals surface area contributed by atoms with Crippen molar-refractivity contribution in [2.75, 3.05) is 6.54 Å². The summed E-state index contributed by atoms with van der Waals surface area (Å²) in [5.41, 5.74) is 2.09. The lowest BCUT2D eigenvalue weighted by Crippen LogP contribution is -2.46. The van der Waals surface area contributed by atoms with Crippen LogP contribution in [0.2, 0.25) is 0 Å². The molecule has 8 heteroatoms. The zero-order valence-electron chi connectivity index (χ0n) is 14.4. The molecule has 1 unspecified atom stereocenters. The topological polar surface area (TPSA) is 80.9 Å². The van der Waals surface area contributed by atoms with Crippen molar-refractivity contribution in [3.05, 3.63) is 29.1 Å². The Labute approximate surface area is 140 Å². The molecule has 128 valence electrons. The minimum Gasteiger partial charge on any atom is -0.352 e. The summed E-state index contributed by atoms with van der Waals surface area (Å²) in [6, 6.07) is 2.01. The number of nitrogens with one attached hydrogen (secondary N) is 1. The number of fused-ring (bicyclic) bond motifs is 1. The van der Waals surface area contributed by atoms with Crippen LogP contribution >= 0.6 is 0 Å². The Balaban J connectivity index is 1.64. The molecule has 0 radical (unpaired) electrons. The minimum atomic E-state index is -0.393. The Hall–Kier alpha value is -2.22. The van der Waals surface area contributed by atoms with Gasteiger partial charge in [0, 0.05) is 32.7 Å². The van der Waals surface area contributed by atoms with E-state index in [-0.39, 0.29) is 5.91 Å². The van der Waals surface area contributed by atoms with Gasteiger partial charge < -0.3 is 9.88 Å². The first kappa shape index (κ1) is 15.3. The van der Waals surface area contributed by atoms with Crippen LogP contribution in [-0.2, 0) is 24.9 Å². The summed E-state index contributed by atoms with van der Waals surface area (Å²) in [5.74, 6) is 1.64. The van der Waals surface area contributed by atoms with Gasteiger partial charge in [-0.1, -0.05) is 0 Å². The molecule has 3 heterocycles. The van der Waals surface area contributed by atoms with Crippen LogP contribution in [0.4, 0.5) is 0 Å². The van der Waals surface area contributed by atoms with Gasteiger partial charge in [-0.15, -0.1) is 10.2 Å². The summed E-state index contributed by atoms with van der Waals surface area (Å²) < 4.78 is 3.94. The number of aromatic nitrogens is 5. The molecule has 1 aliphatic heterocycles. The molecule has 1 fully saturated rings. The summed E-state index contributed by atoms with van der Waals surface area (Å²) >= 11 is 0. The lowest BCUT2D eigenvalue weighted by atomic mass is 10.1. The van der Waals surface area contributed by atoms with Crippen molar-refractivity contribution in [3.8, 4) is 0 Å². The number of amides is 1. The average Bonchev–Trinajstić information content (AvgIpc) is 3.19. The molecule has 4 rings (SSSR count). The molecule has 8 nitrogen and oxygen atoms in total. The molecule has 0 bridgehead atoms. The van der Waals surface area contributed by atoms with E-state index in [1.165, 1.54) is 0 Å². The zero-order chi connectivity index (χ0) is 16.8. The van der Waals surface area contributed by atoms with Crippen LogP contribution in [0.1, 0.15) is 41.9 Å². The molecule has 2 aromatic rings. The van der Waals surface area contributed by atoms with Crippen LogP contribution in [-0.4, -0.2) is 47.9 Å². The quantitative estimate of drug-likeness (QED) is 0.881. The van der Waals surface area contributed by atoms with Crippen LogP contribution in [0.3, 0.4) is 0 Å². The Bertz CT molecular complexity index is 773. The largest absolute Gasteiger partial charge is 0.352 e. The second kappa shape index (κ2) is 5.70. The average molecular weight is 329 g/mol. The third-order valence-electron chi connectivity index (χ3n) is 4.82. The number of rotatable bonds is 4. The van der Waals surface area contributed by atoms with Gasteiger partial charge in [-0.25, -0.2) is 0 Å². The first-order valence-electron chi connectivity index (χ1n) is 8.46. The molecule has 0 aromatic carbocycles. The monoisotopic (exact) mass is 329 g/mol. The van der Waals surface area contributed by atoms with Crippen molar-refractivity contribution in [1.29, 1.82) is 0 Å². The van der Waals surface area contributed by atoms with Crippen molar-refractivity contribution < 1.29 is 4.79 Å². The van der Waals surface area contributed by atoms with Crippen molar-refractivity contribution in [2.24, 2.45) is 7.05 Å². The lowest BCUT2D eigenvalue weighted by Gasteiger charge is -2.34. The third kappa shape index (κ3) is 2.71. The van der Waals surface area contributed by atoms with Crippen LogP contribution in [0, 0.1) is 13.8 Å². The maximum absolute atomic E-state index is 12.9. The second-order valence-corrected chi connectivity index (χ2v) is 6.81. The number of hydrogen-bond acceptors (Lipinski definition) is 5. The molecule has 1 saturated carbocycles. The fraction of sp³-hybridized carbons (Fsp3) is 0.625. The van der Waals surface area contributed by atoms with E-state index in [1.54, 1.807) is 0 Å². The highest BCUT2D eigenvalue weighted by Gasteiger charge is 2.38. The number of carbonyl (C=O) groups excluding carboxylic acids is 1. The third-order valence-corrected chi connectivity index (χ3v) is 4.82. The molecule has 1 N–H and O–H groups in total. The molecule has 2 aromatic heterocycles. The molecule has 0 saturated heterocycles. The normalized spacial score (nSPS) is 20.9. The number of hydrogen-bond donors (Lipinski definition) is 1. The van der Waals surface area contributed by atoms with E-state index in [9.17, 15) is 4.79 Å². The summed E-state index contributed by atoms with van der Waals surface area (Å²) in [7, 11) is 1.94. The number of nitrogens with zero attached hydrogens (tertiary/aromatic N) is 6. The van der Waals surface area contributed by atoms with E-state index in [0.29, 0.717) is 12.6 Å². The molecular formula is C16H23N7O. The van der Waals surface area contributed by atoms with Gasteiger partial charge in [0.15, 0.2) is 11.9 Å². The van der Waals surface area contributed by atoms with E-state index in [0.717, 1.165) is 49.0 Å². The van der Waals surface area contributed by atoms with Crippen molar-refractivity contribution in [1.82, 2.24) is 34.8 Å². The standard InChI is InChI=1S/C16H23N7O/c1-10-8-13(21(3)20-10)9-22-6-7-23-11(2)18-19-15(23)14(22)16(24)17-12-4-5-12/h8,12,14H,4-7,9H2,1-3H3,(H,17,24). The molecule has 2 aliphatic rings. The summed E-state index contributed by atoms with van der Waals surface area (Å²) in [6.45, 7) is 6.19. The van der Waals surface area contributed by atoms with E-state index in [2.05, 4.69) is 36.1 Å². The first-order valence-corrected chi connectivity index (χ1v) is 8.46. The zero-order valence-corrected chi connectivity index (χ0v) is 14.4. The highest BCUT2D eigenvalue weighted by molar-refractivity contribution is 5.83. The second-order valence-electron chi connectivity index (χ2n) is 6.81.